The molecule has 0 aliphatic rings. The van der Waals surface area contributed by atoms with Gasteiger partial charge in [-0.25, -0.2) is 5.43 Å². The van der Waals surface area contributed by atoms with Crippen molar-refractivity contribution in [2.75, 3.05) is 14.2 Å². The maximum absolute atomic E-state index is 5.71. The molecule has 2 aromatic rings. The Hall–Kier alpha value is -1.57. The van der Waals surface area contributed by atoms with Gasteiger partial charge in [-0.05, 0) is 13.0 Å². The molecule has 6 nitrogen and oxygen atoms in total. The molecule has 2 rings (SSSR count). The average molecular weight is 282 g/mol. The lowest BCUT2D eigenvalue weighted by Gasteiger charge is -2.17. The molecule has 7 heteroatoms. The van der Waals surface area contributed by atoms with Crippen molar-refractivity contribution in [3.05, 3.63) is 28.2 Å². The second-order valence-electron chi connectivity index (χ2n) is 3.90. The number of nitrogens with one attached hydrogen (secondary N) is 1. The first kappa shape index (κ1) is 13.9. The number of nitrogens with two attached hydrogens (primary N) is 1. The third kappa shape index (κ3) is 2.58. The van der Waals surface area contributed by atoms with Crippen molar-refractivity contribution in [2.24, 2.45) is 5.84 Å². The zero-order valence-electron chi connectivity index (χ0n) is 11.2. The topological polar surface area (TPSA) is 74.3 Å². The Labute approximate surface area is 116 Å². The predicted molar refractivity (Wildman–Crippen MR) is 74.5 cm³/mol. The number of hydrogen-bond acceptors (Lipinski definition) is 6. The molecule has 104 valence electrons. The number of ether oxygens (including phenoxy) is 2. The van der Waals surface area contributed by atoms with Gasteiger partial charge in [0.1, 0.15) is 17.5 Å². The Bertz CT molecular complexity index is 516. The van der Waals surface area contributed by atoms with Gasteiger partial charge in [0.05, 0.1) is 20.4 Å². The van der Waals surface area contributed by atoms with Crippen molar-refractivity contribution < 1.29 is 9.47 Å². The van der Waals surface area contributed by atoms with Crippen LogP contribution in [-0.2, 0) is 6.54 Å². The second kappa shape index (κ2) is 6.05. The summed E-state index contributed by atoms with van der Waals surface area (Å²) in [6, 6.07) is 1.79. The van der Waals surface area contributed by atoms with Crippen LogP contribution < -0.4 is 20.7 Å². The largest absolute Gasteiger partial charge is 0.496 e. The maximum atomic E-state index is 5.71. The molecule has 0 aliphatic heterocycles. The van der Waals surface area contributed by atoms with E-state index in [0.717, 1.165) is 28.6 Å². The fourth-order valence-electron chi connectivity index (χ4n) is 1.97. The Morgan fingerprint density at radius 1 is 1.47 bits per heavy atom. The van der Waals surface area contributed by atoms with Crippen LogP contribution in [0.4, 0.5) is 0 Å². The first-order valence-electron chi connectivity index (χ1n) is 5.93. The Balaban J connectivity index is 2.43. The number of hydrogen-bond donors (Lipinski definition) is 2. The van der Waals surface area contributed by atoms with E-state index >= 15 is 0 Å². The normalized spacial score (nSPS) is 12.4. The molecule has 0 amide bonds. The van der Waals surface area contributed by atoms with Crippen LogP contribution in [-0.4, -0.2) is 24.0 Å². The van der Waals surface area contributed by atoms with Gasteiger partial charge in [-0.2, -0.15) is 5.10 Å². The maximum Gasteiger partial charge on any atom is 0.162 e. The summed E-state index contributed by atoms with van der Waals surface area (Å²) in [5, 5.41) is 6.24. The Morgan fingerprint density at radius 2 is 2.26 bits per heavy atom. The summed E-state index contributed by atoms with van der Waals surface area (Å²) >= 11 is 1.58. The summed E-state index contributed by atoms with van der Waals surface area (Å²) in [7, 11) is 3.27. The molecule has 0 fully saturated rings. The highest BCUT2D eigenvalue weighted by Gasteiger charge is 2.23. The van der Waals surface area contributed by atoms with Crippen LogP contribution >= 0.6 is 11.3 Å². The standard InChI is InChI=1S/C12H18N4O2S/c1-4-16-12(9(18-3)6-14-16)11(15-13)10-5-8(17-2)7-19-10/h5-7,11,15H,4,13H2,1-3H3. The Morgan fingerprint density at radius 3 is 2.79 bits per heavy atom. The van der Waals surface area contributed by atoms with Crippen LogP contribution in [0.15, 0.2) is 17.6 Å². The lowest BCUT2D eigenvalue weighted by Crippen LogP contribution is -2.30. The van der Waals surface area contributed by atoms with E-state index in [-0.39, 0.29) is 6.04 Å². The minimum Gasteiger partial charge on any atom is -0.496 e. The van der Waals surface area contributed by atoms with Crippen molar-refractivity contribution in [3.63, 3.8) is 0 Å². The van der Waals surface area contributed by atoms with Gasteiger partial charge < -0.3 is 9.47 Å². The average Bonchev–Trinajstić information content (AvgIpc) is 3.06. The van der Waals surface area contributed by atoms with E-state index in [9.17, 15) is 0 Å². The molecule has 0 radical (unpaired) electrons. The summed E-state index contributed by atoms with van der Waals surface area (Å²) in [5.41, 5.74) is 3.74. The summed E-state index contributed by atoms with van der Waals surface area (Å²) in [5.74, 6) is 7.25. The van der Waals surface area contributed by atoms with E-state index < -0.39 is 0 Å². The minimum absolute atomic E-state index is 0.175. The van der Waals surface area contributed by atoms with Crippen LogP contribution in [0.2, 0.25) is 0 Å². The van der Waals surface area contributed by atoms with Crippen molar-refractivity contribution in [1.29, 1.82) is 0 Å². The van der Waals surface area contributed by atoms with Gasteiger partial charge in [0.2, 0.25) is 0 Å². The van der Waals surface area contributed by atoms with E-state index in [1.807, 2.05) is 23.1 Å². The zero-order valence-corrected chi connectivity index (χ0v) is 12.0. The quantitative estimate of drug-likeness (QED) is 0.621. The lowest BCUT2D eigenvalue weighted by atomic mass is 10.1. The first-order valence-corrected chi connectivity index (χ1v) is 6.81. The molecule has 2 heterocycles. The fourth-order valence-corrected chi connectivity index (χ4v) is 2.88. The van der Waals surface area contributed by atoms with E-state index in [1.54, 1.807) is 31.8 Å². The molecular formula is C12H18N4O2S. The molecule has 0 spiro atoms. The van der Waals surface area contributed by atoms with Gasteiger partial charge in [0, 0.05) is 16.8 Å². The minimum atomic E-state index is -0.175. The van der Waals surface area contributed by atoms with E-state index in [0.29, 0.717) is 0 Å². The number of aromatic nitrogens is 2. The van der Waals surface area contributed by atoms with Crippen molar-refractivity contribution in [3.8, 4) is 11.5 Å². The summed E-state index contributed by atoms with van der Waals surface area (Å²) in [6.07, 6.45) is 1.70. The van der Waals surface area contributed by atoms with Crippen molar-refractivity contribution in [1.82, 2.24) is 15.2 Å². The highest BCUT2D eigenvalue weighted by molar-refractivity contribution is 7.10. The smallest absolute Gasteiger partial charge is 0.162 e. The molecule has 0 aromatic carbocycles. The van der Waals surface area contributed by atoms with Crippen molar-refractivity contribution >= 4 is 11.3 Å². The molecule has 2 aromatic heterocycles. The molecule has 19 heavy (non-hydrogen) atoms. The predicted octanol–water partition coefficient (Wildman–Crippen LogP) is 1.53. The lowest BCUT2D eigenvalue weighted by molar-refractivity contribution is 0.399. The number of rotatable bonds is 6. The number of methoxy groups -OCH3 is 2. The van der Waals surface area contributed by atoms with E-state index in [1.165, 1.54) is 0 Å². The van der Waals surface area contributed by atoms with Gasteiger partial charge in [-0.1, -0.05) is 0 Å². The monoisotopic (exact) mass is 282 g/mol. The zero-order chi connectivity index (χ0) is 13.8. The molecule has 0 saturated heterocycles. The highest BCUT2D eigenvalue weighted by atomic mass is 32.1. The summed E-state index contributed by atoms with van der Waals surface area (Å²) < 4.78 is 12.4. The SMILES string of the molecule is CCn1ncc(OC)c1C(NN)c1cc(OC)cs1. The van der Waals surface area contributed by atoms with Crippen LogP contribution in [0.1, 0.15) is 23.5 Å². The summed E-state index contributed by atoms with van der Waals surface area (Å²) in [4.78, 5) is 1.05. The summed E-state index contributed by atoms with van der Waals surface area (Å²) in [6.45, 7) is 2.78. The first-order chi connectivity index (χ1) is 9.24. The third-order valence-electron chi connectivity index (χ3n) is 2.92. The van der Waals surface area contributed by atoms with Crippen LogP contribution in [0, 0.1) is 0 Å². The molecular weight excluding hydrogens is 264 g/mol. The van der Waals surface area contributed by atoms with E-state index in [2.05, 4.69) is 10.5 Å². The van der Waals surface area contributed by atoms with Gasteiger partial charge in [0.15, 0.2) is 5.75 Å². The number of nitrogens with zero attached hydrogens (tertiary/aromatic N) is 2. The molecule has 3 N–H and O–H groups in total. The molecule has 0 aliphatic carbocycles. The number of aryl methyl sites for hydroxylation is 1. The third-order valence-corrected chi connectivity index (χ3v) is 3.90. The van der Waals surface area contributed by atoms with Gasteiger partial charge >= 0.3 is 0 Å². The van der Waals surface area contributed by atoms with Gasteiger partial charge in [-0.3, -0.25) is 10.5 Å². The van der Waals surface area contributed by atoms with Crippen LogP contribution in [0.3, 0.4) is 0 Å². The van der Waals surface area contributed by atoms with Crippen LogP contribution in [0.25, 0.3) is 0 Å². The molecule has 0 saturated carbocycles. The number of hydrazine groups is 1. The fraction of sp³-hybridized carbons (Fsp3) is 0.417. The second-order valence-corrected chi connectivity index (χ2v) is 4.85. The van der Waals surface area contributed by atoms with Gasteiger partial charge in [-0.15, -0.1) is 11.3 Å². The highest BCUT2D eigenvalue weighted by Crippen LogP contribution is 2.34. The molecule has 0 bridgehead atoms. The van der Waals surface area contributed by atoms with E-state index in [4.69, 9.17) is 15.3 Å². The number of thiophene rings is 1. The van der Waals surface area contributed by atoms with Crippen molar-refractivity contribution in [2.45, 2.75) is 19.5 Å². The van der Waals surface area contributed by atoms with Crippen LogP contribution in [0.5, 0.6) is 11.5 Å². The molecule has 1 atom stereocenters. The molecule has 1 unspecified atom stereocenters. The van der Waals surface area contributed by atoms with Gasteiger partial charge in [0.25, 0.3) is 0 Å². The Kier molecular flexibility index (Phi) is 4.41.